The summed E-state index contributed by atoms with van der Waals surface area (Å²) in [6.07, 6.45) is 1.27. The smallest absolute Gasteiger partial charge is 0.243 e. The van der Waals surface area contributed by atoms with Crippen LogP contribution in [0.25, 0.3) is 0 Å². The SMILES string of the molecule is Cc1ccc(S(=O)(=O)NCCCC(C)(C)CO)c(F)c1. The Morgan fingerprint density at radius 2 is 2.00 bits per heavy atom. The first kappa shape index (κ1) is 17.1. The van der Waals surface area contributed by atoms with E-state index in [1.807, 2.05) is 13.8 Å². The third-order valence-corrected chi connectivity index (χ3v) is 4.62. The van der Waals surface area contributed by atoms with Gasteiger partial charge in [-0.1, -0.05) is 19.9 Å². The number of hydrogen-bond acceptors (Lipinski definition) is 3. The predicted octanol–water partition coefficient (Wildman–Crippen LogP) is 2.21. The fraction of sp³-hybridized carbons (Fsp3) is 0.571. The Morgan fingerprint density at radius 3 is 2.55 bits per heavy atom. The molecule has 6 heteroatoms. The number of sulfonamides is 1. The van der Waals surface area contributed by atoms with Crippen LogP contribution in [-0.4, -0.2) is 26.7 Å². The van der Waals surface area contributed by atoms with E-state index in [9.17, 15) is 12.8 Å². The van der Waals surface area contributed by atoms with Crippen molar-refractivity contribution in [3.05, 3.63) is 29.6 Å². The molecule has 1 aromatic rings. The van der Waals surface area contributed by atoms with Gasteiger partial charge < -0.3 is 5.11 Å². The van der Waals surface area contributed by atoms with Crippen LogP contribution >= 0.6 is 0 Å². The van der Waals surface area contributed by atoms with E-state index >= 15 is 0 Å². The van der Waals surface area contributed by atoms with Crippen molar-refractivity contribution in [1.29, 1.82) is 0 Å². The molecule has 0 aromatic heterocycles. The molecule has 20 heavy (non-hydrogen) atoms. The van der Waals surface area contributed by atoms with Crippen LogP contribution in [0.15, 0.2) is 23.1 Å². The van der Waals surface area contributed by atoms with Gasteiger partial charge >= 0.3 is 0 Å². The summed E-state index contributed by atoms with van der Waals surface area (Å²) in [5, 5.41) is 9.11. The zero-order valence-electron chi connectivity index (χ0n) is 12.1. The van der Waals surface area contributed by atoms with E-state index in [0.29, 0.717) is 18.4 Å². The molecule has 2 N–H and O–H groups in total. The third-order valence-electron chi connectivity index (χ3n) is 3.13. The lowest BCUT2D eigenvalue weighted by Gasteiger charge is -2.21. The van der Waals surface area contributed by atoms with Crippen molar-refractivity contribution in [2.24, 2.45) is 5.41 Å². The maximum atomic E-state index is 13.6. The van der Waals surface area contributed by atoms with Crippen LogP contribution in [0.1, 0.15) is 32.3 Å². The number of hydrogen-bond donors (Lipinski definition) is 2. The maximum absolute atomic E-state index is 13.6. The Hall–Kier alpha value is -0.980. The van der Waals surface area contributed by atoms with E-state index in [1.165, 1.54) is 12.1 Å². The first-order chi connectivity index (χ1) is 9.18. The summed E-state index contributed by atoms with van der Waals surface area (Å²) in [5.41, 5.74) is 0.437. The molecule has 0 fully saturated rings. The first-order valence-electron chi connectivity index (χ1n) is 6.55. The lowest BCUT2D eigenvalue weighted by molar-refractivity contribution is 0.148. The second kappa shape index (κ2) is 6.65. The van der Waals surface area contributed by atoms with E-state index < -0.39 is 15.8 Å². The highest BCUT2D eigenvalue weighted by Gasteiger charge is 2.20. The molecule has 114 valence electrons. The standard InChI is InChI=1S/C14H22FNO3S/c1-11-5-6-13(12(15)9-11)20(18,19)16-8-4-7-14(2,3)10-17/h5-6,9,16-17H,4,7-8,10H2,1-3H3. The number of rotatable bonds is 7. The Balaban J connectivity index is 2.63. The van der Waals surface area contributed by atoms with Crippen LogP contribution in [0.4, 0.5) is 4.39 Å². The molecular weight excluding hydrogens is 281 g/mol. The van der Waals surface area contributed by atoms with Crippen molar-refractivity contribution < 1.29 is 17.9 Å². The largest absolute Gasteiger partial charge is 0.396 e. The summed E-state index contributed by atoms with van der Waals surface area (Å²) in [6.45, 7) is 5.78. The molecule has 0 amide bonds. The molecule has 0 unspecified atom stereocenters. The zero-order chi connectivity index (χ0) is 15.4. The van der Waals surface area contributed by atoms with Crippen molar-refractivity contribution in [3.63, 3.8) is 0 Å². The fourth-order valence-corrected chi connectivity index (χ4v) is 2.89. The van der Waals surface area contributed by atoms with Gasteiger partial charge in [0.25, 0.3) is 0 Å². The van der Waals surface area contributed by atoms with Crippen LogP contribution in [-0.2, 0) is 10.0 Å². The summed E-state index contributed by atoms with van der Waals surface area (Å²) >= 11 is 0. The van der Waals surface area contributed by atoms with Gasteiger partial charge in [0, 0.05) is 13.2 Å². The van der Waals surface area contributed by atoms with E-state index in [0.717, 1.165) is 0 Å². The molecule has 0 radical (unpaired) electrons. The summed E-state index contributed by atoms with van der Waals surface area (Å²) in [7, 11) is -3.82. The van der Waals surface area contributed by atoms with Gasteiger partial charge in [-0.25, -0.2) is 17.5 Å². The number of nitrogens with one attached hydrogen (secondary N) is 1. The summed E-state index contributed by atoms with van der Waals surface area (Å²) in [6, 6.07) is 4.03. The van der Waals surface area contributed by atoms with Gasteiger partial charge in [-0.2, -0.15) is 0 Å². The van der Waals surface area contributed by atoms with Crippen molar-refractivity contribution in [2.45, 2.75) is 38.5 Å². The Labute approximate surface area is 120 Å². The molecule has 0 aliphatic carbocycles. The average molecular weight is 303 g/mol. The van der Waals surface area contributed by atoms with Crippen LogP contribution in [0.5, 0.6) is 0 Å². The molecule has 1 rings (SSSR count). The second-order valence-electron chi connectivity index (χ2n) is 5.76. The molecule has 0 aliphatic heterocycles. The first-order valence-corrected chi connectivity index (χ1v) is 8.03. The summed E-state index contributed by atoms with van der Waals surface area (Å²) in [4.78, 5) is -0.329. The number of aliphatic hydroxyl groups is 1. The summed E-state index contributed by atoms with van der Waals surface area (Å²) in [5.74, 6) is -0.742. The van der Waals surface area contributed by atoms with Gasteiger partial charge in [0.1, 0.15) is 10.7 Å². The second-order valence-corrected chi connectivity index (χ2v) is 7.49. The van der Waals surface area contributed by atoms with E-state index in [1.54, 1.807) is 13.0 Å². The fourth-order valence-electron chi connectivity index (χ4n) is 1.75. The van der Waals surface area contributed by atoms with Gasteiger partial charge in [0.05, 0.1) is 0 Å². The van der Waals surface area contributed by atoms with Gasteiger partial charge in [-0.15, -0.1) is 0 Å². The monoisotopic (exact) mass is 303 g/mol. The van der Waals surface area contributed by atoms with Crippen LogP contribution < -0.4 is 4.72 Å². The highest BCUT2D eigenvalue weighted by Crippen LogP contribution is 2.21. The lowest BCUT2D eigenvalue weighted by atomic mass is 9.89. The average Bonchev–Trinajstić information content (AvgIpc) is 2.34. The van der Waals surface area contributed by atoms with Gasteiger partial charge in [0.15, 0.2) is 0 Å². The van der Waals surface area contributed by atoms with Gasteiger partial charge in [0.2, 0.25) is 10.0 Å². The minimum atomic E-state index is -3.82. The number of benzene rings is 1. The molecule has 0 saturated carbocycles. The van der Waals surface area contributed by atoms with Crippen molar-refractivity contribution in [2.75, 3.05) is 13.2 Å². The molecule has 0 saturated heterocycles. The van der Waals surface area contributed by atoms with Crippen molar-refractivity contribution in [3.8, 4) is 0 Å². The molecule has 0 heterocycles. The molecule has 4 nitrogen and oxygen atoms in total. The van der Waals surface area contributed by atoms with Gasteiger partial charge in [-0.05, 0) is 42.9 Å². The predicted molar refractivity (Wildman–Crippen MR) is 76.4 cm³/mol. The number of halogens is 1. The molecule has 0 aliphatic rings. The minimum Gasteiger partial charge on any atom is -0.396 e. The molecule has 0 bridgehead atoms. The quantitative estimate of drug-likeness (QED) is 0.759. The molecule has 0 atom stereocenters. The minimum absolute atomic E-state index is 0.0480. The van der Waals surface area contributed by atoms with E-state index in [-0.39, 0.29) is 23.5 Å². The Morgan fingerprint density at radius 1 is 1.35 bits per heavy atom. The number of aryl methyl sites for hydroxylation is 1. The topological polar surface area (TPSA) is 66.4 Å². The zero-order valence-corrected chi connectivity index (χ0v) is 12.9. The van der Waals surface area contributed by atoms with E-state index in [4.69, 9.17) is 5.11 Å². The molecular formula is C14H22FNO3S. The normalized spacial score (nSPS) is 12.7. The highest BCUT2D eigenvalue weighted by molar-refractivity contribution is 7.89. The number of aliphatic hydroxyl groups excluding tert-OH is 1. The Bertz CT molecular complexity index is 556. The van der Waals surface area contributed by atoms with E-state index in [2.05, 4.69) is 4.72 Å². The van der Waals surface area contributed by atoms with Crippen molar-refractivity contribution in [1.82, 2.24) is 4.72 Å². The van der Waals surface area contributed by atoms with Crippen LogP contribution in [0.3, 0.4) is 0 Å². The van der Waals surface area contributed by atoms with Crippen molar-refractivity contribution >= 4 is 10.0 Å². The van der Waals surface area contributed by atoms with Crippen LogP contribution in [0, 0.1) is 18.2 Å². The maximum Gasteiger partial charge on any atom is 0.243 e. The molecule has 0 spiro atoms. The third kappa shape index (κ3) is 4.85. The van der Waals surface area contributed by atoms with Gasteiger partial charge in [-0.3, -0.25) is 0 Å². The lowest BCUT2D eigenvalue weighted by Crippen LogP contribution is -2.27. The summed E-state index contributed by atoms with van der Waals surface area (Å²) < 4.78 is 39.9. The molecule has 1 aromatic carbocycles. The van der Waals surface area contributed by atoms with Crippen LogP contribution in [0.2, 0.25) is 0 Å². The highest BCUT2D eigenvalue weighted by atomic mass is 32.2. The Kier molecular flexibility index (Phi) is 5.68.